The SMILES string of the molecule is O=C(CC(=O)Nc1ccc2c(-c3cccnc3)n[nH]c2c1)Nc1cccc(F)c1. The van der Waals surface area contributed by atoms with Crippen LogP contribution in [0.3, 0.4) is 0 Å². The molecule has 144 valence electrons. The van der Waals surface area contributed by atoms with Crippen molar-refractivity contribution in [2.75, 3.05) is 10.6 Å². The van der Waals surface area contributed by atoms with Crippen molar-refractivity contribution in [2.24, 2.45) is 0 Å². The monoisotopic (exact) mass is 389 g/mol. The Balaban J connectivity index is 1.42. The number of nitrogens with one attached hydrogen (secondary N) is 3. The second-order valence-corrected chi connectivity index (χ2v) is 6.36. The number of hydrogen-bond acceptors (Lipinski definition) is 4. The molecule has 2 heterocycles. The van der Waals surface area contributed by atoms with E-state index in [2.05, 4.69) is 25.8 Å². The quantitative estimate of drug-likeness (QED) is 0.453. The number of benzene rings is 2. The van der Waals surface area contributed by atoms with Crippen molar-refractivity contribution >= 4 is 34.1 Å². The van der Waals surface area contributed by atoms with Gasteiger partial charge >= 0.3 is 0 Å². The molecule has 2 aromatic heterocycles. The van der Waals surface area contributed by atoms with Gasteiger partial charge in [0.1, 0.15) is 17.9 Å². The van der Waals surface area contributed by atoms with Crippen molar-refractivity contribution in [1.29, 1.82) is 0 Å². The number of nitrogens with zero attached hydrogens (tertiary/aromatic N) is 2. The number of amides is 2. The van der Waals surface area contributed by atoms with Crippen LogP contribution in [0.5, 0.6) is 0 Å². The van der Waals surface area contributed by atoms with Crippen LogP contribution in [0.2, 0.25) is 0 Å². The first-order chi connectivity index (χ1) is 14.1. The van der Waals surface area contributed by atoms with E-state index in [1.807, 2.05) is 18.2 Å². The molecule has 0 unspecified atom stereocenters. The van der Waals surface area contributed by atoms with Crippen molar-refractivity contribution in [3.05, 3.63) is 72.8 Å². The van der Waals surface area contributed by atoms with Crippen LogP contribution in [-0.4, -0.2) is 27.0 Å². The van der Waals surface area contributed by atoms with E-state index in [-0.39, 0.29) is 0 Å². The highest BCUT2D eigenvalue weighted by Crippen LogP contribution is 2.27. The van der Waals surface area contributed by atoms with Crippen LogP contribution in [-0.2, 0) is 9.59 Å². The van der Waals surface area contributed by atoms with Crippen LogP contribution < -0.4 is 10.6 Å². The second-order valence-electron chi connectivity index (χ2n) is 6.36. The highest BCUT2D eigenvalue weighted by molar-refractivity contribution is 6.08. The third-order valence-electron chi connectivity index (χ3n) is 4.21. The molecule has 0 bridgehead atoms. The number of hydrogen-bond donors (Lipinski definition) is 3. The number of carbonyl (C=O) groups excluding carboxylic acids is 2. The molecular weight excluding hydrogens is 373 g/mol. The molecule has 0 aliphatic carbocycles. The van der Waals surface area contributed by atoms with E-state index < -0.39 is 24.1 Å². The Labute approximate surface area is 165 Å². The minimum absolute atomic E-state index is 0.296. The number of H-pyrrole nitrogens is 1. The fourth-order valence-corrected chi connectivity index (χ4v) is 2.94. The first-order valence-electron chi connectivity index (χ1n) is 8.82. The molecule has 0 aliphatic rings. The molecule has 0 fully saturated rings. The predicted octanol–water partition coefficient (Wildman–Crippen LogP) is 3.73. The summed E-state index contributed by atoms with van der Waals surface area (Å²) >= 11 is 0. The van der Waals surface area contributed by atoms with Gasteiger partial charge in [-0.15, -0.1) is 0 Å². The van der Waals surface area contributed by atoms with E-state index >= 15 is 0 Å². The van der Waals surface area contributed by atoms with Crippen LogP contribution in [0.1, 0.15) is 6.42 Å². The van der Waals surface area contributed by atoms with E-state index in [4.69, 9.17) is 0 Å². The third-order valence-corrected chi connectivity index (χ3v) is 4.21. The molecular formula is C21H16FN5O2. The Morgan fingerprint density at radius 2 is 1.76 bits per heavy atom. The maximum atomic E-state index is 13.2. The summed E-state index contributed by atoms with van der Waals surface area (Å²) in [6, 6.07) is 14.5. The number of carbonyl (C=O) groups is 2. The van der Waals surface area contributed by atoms with Crippen molar-refractivity contribution < 1.29 is 14.0 Å². The van der Waals surface area contributed by atoms with Crippen LogP contribution >= 0.6 is 0 Å². The van der Waals surface area contributed by atoms with Gasteiger partial charge in [-0.2, -0.15) is 5.10 Å². The fourth-order valence-electron chi connectivity index (χ4n) is 2.94. The van der Waals surface area contributed by atoms with Gasteiger partial charge in [0, 0.05) is 34.7 Å². The molecule has 0 radical (unpaired) electrons. The normalized spacial score (nSPS) is 10.7. The molecule has 4 aromatic rings. The number of halogens is 1. The lowest BCUT2D eigenvalue weighted by atomic mass is 10.1. The van der Waals surface area contributed by atoms with Gasteiger partial charge in [0.05, 0.1) is 5.52 Å². The lowest BCUT2D eigenvalue weighted by Crippen LogP contribution is -2.21. The molecule has 0 saturated heterocycles. The second kappa shape index (κ2) is 7.89. The van der Waals surface area contributed by atoms with Crippen molar-refractivity contribution in [3.63, 3.8) is 0 Å². The molecule has 0 spiro atoms. The van der Waals surface area contributed by atoms with Crippen molar-refractivity contribution in [3.8, 4) is 11.3 Å². The standard InChI is InChI=1S/C21H16FN5O2/c22-14-4-1-5-15(9-14)24-19(28)11-20(29)25-16-6-7-17-18(10-16)26-27-21(17)13-3-2-8-23-12-13/h1-10,12H,11H2,(H,24,28)(H,25,29)(H,26,27). The van der Waals surface area contributed by atoms with Gasteiger partial charge in [-0.25, -0.2) is 4.39 Å². The van der Waals surface area contributed by atoms with Gasteiger partial charge in [-0.3, -0.25) is 19.7 Å². The zero-order chi connectivity index (χ0) is 20.2. The minimum atomic E-state index is -0.533. The van der Waals surface area contributed by atoms with Gasteiger partial charge < -0.3 is 10.6 Å². The number of aromatic amines is 1. The molecule has 7 nitrogen and oxygen atoms in total. The molecule has 29 heavy (non-hydrogen) atoms. The molecule has 3 N–H and O–H groups in total. The number of anilines is 2. The lowest BCUT2D eigenvalue weighted by Gasteiger charge is -2.07. The molecule has 8 heteroatoms. The average Bonchev–Trinajstić information content (AvgIpc) is 3.11. The molecule has 0 aliphatic heterocycles. The Bertz CT molecular complexity index is 1190. The van der Waals surface area contributed by atoms with Crippen molar-refractivity contribution in [2.45, 2.75) is 6.42 Å². The van der Waals surface area contributed by atoms with Crippen LogP contribution in [0.4, 0.5) is 15.8 Å². The number of rotatable bonds is 5. The Hall–Kier alpha value is -4.07. The topological polar surface area (TPSA) is 99.8 Å². The zero-order valence-electron chi connectivity index (χ0n) is 15.1. The molecule has 2 amide bonds. The highest BCUT2D eigenvalue weighted by Gasteiger charge is 2.12. The number of fused-ring (bicyclic) bond motifs is 1. The molecule has 0 atom stereocenters. The maximum absolute atomic E-state index is 13.2. The predicted molar refractivity (Wildman–Crippen MR) is 108 cm³/mol. The van der Waals surface area contributed by atoms with Gasteiger partial charge in [0.2, 0.25) is 11.8 Å². The molecule has 0 saturated carbocycles. The summed E-state index contributed by atoms with van der Waals surface area (Å²) in [5, 5.41) is 13.3. The average molecular weight is 389 g/mol. The van der Waals surface area contributed by atoms with E-state index in [1.54, 1.807) is 30.6 Å². The maximum Gasteiger partial charge on any atom is 0.233 e. The first kappa shape index (κ1) is 18.3. The summed E-state index contributed by atoms with van der Waals surface area (Å²) in [4.78, 5) is 28.2. The largest absolute Gasteiger partial charge is 0.326 e. The van der Waals surface area contributed by atoms with Crippen LogP contribution in [0, 0.1) is 5.82 Å². The number of aromatic nitrogens is 3. The summed E-state index contributed by atoms with van der Waals surface area (Å²) in [6.07, 6.45) is 3.03. The van der Waals surface area contributed by atoms with Crippen LogP contribution in [0.25, 0.3) is 22.2 Å². The summed E-state index contributed by atoms with van der Waals surface area (Å²) in [5.74, 6) is -1.48. The number of pyridine rings is 1. The Morgan fingerprint density at radius 1 is 0.966 bits per heavy atom. The Kier molecular flexibility index (Phi) is 4.98. The minimum Gasteiger partial charge on any atom is -0.326 e. The van der Waals surface area contributed by atoms with Gasteiger partial charge in [-0.05, 0) is 48.5 Å². The van der Waals surface area contributed by atoms with E-state index in [0.717, 1.165) is 22.2 Å². The third kappa shape index (κ3) is 4.27. The molecule has 2 aromatic carbocycles. The smallest absolute Gasteiger partial charge is 0.233 e. The van der Waals surface area contributed by atoms with Gasteiger partial charge in [-0.1, -0.05) is 6.07 Å². The fraction of sp³-hybridized carbons (Fsp3) is 0.0476. The Morgan fingerprint density at radius 3 is 2.48 bits per heavy atom. The summed E-state index contributed by atoms with van der Waals surface area (Å²) < 4.78 is 13.2. The summed E-state index contributed by atoms with van der Waals surface area (Å²) in [5.41, 5.74) is 3.21. The zero-order valence-corrected chi connectivity index (χ0v) is 15.1. The lowest BCUT2D eigenvalue weighted by molar-refractivity contribution is -0.123. The van der Waals surface area contributed by atoms with E-state index in [0.29, 0.717) is 11.4 Å². The van der Waals surface area contributed by atoms with E-state index in [9.17, 15) is 14.0 Å². The summed E-state index contributed by atoms with van der Waals surface area (Å²) in [6.45, 7) is 0. The highest BCUT2D eigenvalue weighted by atomic mass is 19.1. The molecule has 4 rings (SSSR count). The van der Waals surface area contributed by atoms with E-state index in [1.165, 1.54) is 18.2 Å². The van der Waals surface area contributed by atoms with Gasteiger partial charge in [0.25, 0.3) is 0 Å². The van der Waals surface area contributed by atoms with Crippen molar-refractivity contribution in [1.82, 2.24) is 15.2 Å². The first-order valence-corrected chi connectivity index (χ1v) is 8.82. The van der Waals surface area contributed by atoms with Gasteiger partial charge in [0.15, 0.2) is 0 Å². The summed E-state index contributed by atoms with van der Waals surface area (Å²) in [7, 11) is 0. The van der Waals surface area contributed by atoms with Crippen LogP contribution in [0.15, 0.2) is 67.0 Å².